The summed E-state index contributed by atoms with van der Waals surface area (Å²) in [6.45, 7) is 4.10. The maximum atomic E-state index is 12.7. The van der Waals surface area contributed by atoms with E-state index in [1.807, 2.05) is 36.7 Å². The minimum atomic E-state index is -1.19. The molecule has 9 nitrogen and oxygen atoms in total. The van der Waals surface area contributed by atoms with E-state index in [4.69, 9.17) is 4.74 Å². The van der Waals surface area contributed by atoms with E-state index in [0.717, 1.165) is 61.2 Å². The van der Waals surface area contributed by atoms with E-state index in [9.17, 15) is 4.21 Å². The van der Waals surface area contributed by atoms with Crippen LogP contribution in [-0.2, 0) is 17.2 Å². The second-order valence-corrected chi connectivity index (χ2v) is 9.63. The third-order valence-electron chi connectivity index (χ3n) is 5.97. The minimum Gasteiger partial charge on any atom is -0.487 e. The van der Waals surface area contributed by atoms with Gasteiger partial charge in [-0.25, -0.2) is 28.8 Å². The van der Waals surface area contributed by atoms with Crippen molar-refractivity contribution in [2.45, 2.75) is 32.6 Å². The number of rotatable bonds is 8. The first kappa shape index (κ1) is 22.4. The molecule has 0 N–H and O–H groups in total. The molecule has 0 radical (unpaired) electrons. The van der Waals surface area contributed by atoms with Gasteiger partial charge in [-0.2, -0.15) is 5.10 Å². The van der Waals surface area contributed by atoms with Gasteiger partial charge in [-0.15, -0.1) is 0 Å². The van der Waals surface area contributed by atoms with Gasteiger partial charge in [0.2, 0.25) is 5.95 Å². The number of hydrogen-bond donors (Lipinski definition) is 0. The highest BCUT2D eigenvalue weighted by Crippen LogP contribution is 2.27. The molecule has 2 aliphatic rings. The van der Waals surface area contributed by atoms with Crippen molar-refractivity contribution in [1.29, 1.82) is 0 Å². The number of hydrogen-bond acceptors (Lipinski definition) is 8. The van der Waals surface area contributed by atoms with Crippen LogP contribution in [0.2, 0.25) is 0 Å². The highest BCUT2D eigenvalue weighted by Gasteiger charge is 2.30. The third-order valence-corrected chi connectivity index (χ3v) is 7.29. The summed E-state index contributed by atoms with van der Waals surface area (Å²) in [6, 6.07) is 7.57. The van der Waals surface area contributed by atoms with Crippen LogP contribution in [0, 0.1) is 5.92 Å². The van der Waals surface area contributed by atoms with Gasteiger partial charge in [0.25, 0.3) is 0 Å². The molecule has 5 rings (SSSR count). The molecule has 1 aromatic carbocycles. The SMILES string of the molecule is CCCc1cnc(N2CCC(C3=NC(COc4ccc(-n5cncn5)cc4)=CS3=O)CC2)nc1. The number of ether oxygens (including phenoxy) is 1. The molecular weight excluding hydrogens is 450 g/mol. The summed E-state index contributed by atoms with van der Waals surface area (Å²) in [5, 5.41) is 6.58. The molecule has 1 unspecified atom stereocenters. The van der Waals surface area contributed by atoms with Crippen LogP contribution in [0.4, 0.5) is 5.95 Å². The van der Waals surface area contributed by atoms with Crippen LogP contribution in [-0.4, -0.2) is 53.7 Å². The summed E-state index contributed by atoms with van der Waals surface area (Å²) in [5.74, 6) is 1.69. The van der Waals surface area contributed by atoms with Crippen LogP contribution < -0.4 is 9.64 Å². The molecule has 0 aliphatic carbocycles. The van der Waals surface area contributed by atoms with Gasteiger partial charge in [0.15, 0.2) is 0 Å². The van der Waals surface area contributed by atoms with Crippen molar-refractivity contribution >= 4 is 21.8 Å². The Morgan fingerprint density at radius 2 is 1.88 bits per heavy atom. The van der Waals surface area contributed by atoms with Crippen molar-refractivity contribution in [2.75, 3.05) is 24.6 Å². The van der Waals surface area contributed by atoms with Crippen molar-refractivity contribution in [2.24, 2.45) is 10.9 Å². The molecule has 0 bridgehead atoms. The van der Waals surface area contributed by atoms with E-state index in [0.29, 0.717) is 5.70 Å². The molecule has 1 atom stereocenters. The third kappa shape index (κ3) is 5.06. The maximum Gasteiger partial charge on any atom is 0.225 e. The maximum absolute atomic E-state index is 12.7. The molecule has 1 fully saturated rings. The summed E-state index contributed by atoms with van der Waals surface area (Å²) in [7, 11) is -1.19. The smallest absolute Gasteiger partial charge is 0.225 e. The number of nitrogens with zero attached hydrogens (tertiary/aromatic N) is 7. The second-order valence-electron chi connectivity index (χ2n) is 8.38. The molecule has 2 aliphatic heterocycles. The Labute approximate surface area is 201 Å². The topological polar surface area (TPSA) is 98.4 Å². The quantitative estimate of drug-likeness (QED) is 0.491. The Morgan fingerprint density at radius 3 is 2.56 bits per heavy atom. The van der Waals surface area contributed by atoms with Crippen LogP contribution in [0.5, 0.6) is 5.75 Å². The lowest BCUT2D eigenvalue weighted by molar-refractivity contribution is 0.351. The predicted octanol–water partition coefficient (Wildman–Crippen LogP) is 3.31. The number of aromatic nitrogens is 5. The number of piperidine rings is 1. The van der Waals surface area contributed by atoms with Gasteiger partial charge in [0.1, 0.15) is 30.1 Å². The molecule has 176 valence electrons. The molecule has 1 saturated heterocycles. The fraction of sp³-hybridized carbons (Fsp3) is 0.375. The Hall–Kier alpha value is -3.40. The van der Waals surface area contributed by atoms with Gasteiger partial charge in [-0.05, 0) is 49.1 Å². The summed E-state index contributed by atoms with van der Waals surface area (Å²) in [6.07, 6.45) is 10.8. The summed E-state index contributed by atoms with van der Waals surface area (Å²) in [5.41, 5.74) is 2.79. The fourth-order valence-electron chi connectivity index (χ4n) is 4.17. The van der Waals surface area contributed by atoms with Gasteiger partial charge in [0, 0.05) is 36.8 Å². The number of anilines is 1. The molecule has 34 heavy (non-hydrogen) atoms. The molecule has 2 aromatic heterocycles. The normalized spacial score (nSPS) is 18.6. The lowest BCUT2D eigenvalue weighted by Crippen LogP contribution is -2.37. The molecule has 0 amide bonds. The van der Waals surface area contributed by atoms with Gasteiger partial charge in [-0.1, -0.05) is 13.3 Å². The second kappa shape index (κ2) is 10.3. The predicted molar refractivity (Wildman–Crippen MR) is 131 cm³/mol. The summed E-state index contributed by atoms with van der Waals surface area (Å²) in [4.78, 5) is 19.9. The van der Waals surface area contributed by atoms with Crippen molar-refractivity contribution in [3.05, 3.63) is 66.0 Å². The van der Waals surface area contributed by atoms with E-state index in [1.165, 1.54) is 11.9 Å². The van der Waals surface area contributed by atoms with Crippen LogP contribution in [0.25, 0.3) is 5.69 Å². The minimum absolute atomic E-state index is 0.201. The van der Waals surface area contributed by atoms with Crippen LogP contribution in [0.3, 0.4) is 0 Å². The summed E-state index contributed by atoms with van der Waals surface area (Å²) >= 11 is 0. The summed E-state index contributed by atoms with van der Waals surface area (Å²) < 4.78 is 20.3. The van der Waals surface area contributed by atoms with Gasteiger partial charge < -0.3 is 9.64 Å². The largest absolute Gasteiger partial charge is 0.487 e. The lowest BCUT2D eigenvalue weighted by atomic mass is 9.98. The first-order valence-electron chi connectivity index (χ1n) is 11.5. The van der Waals surface area contributed by atoms with Crippen LogP contribution in [0.15, 0.2) is 65.4 Å². The standard InChI is InChI=1S/C24H27N7O2S/c1-2-3-18-12-26-24(27-13-18)30-10-8-19(9-11-30)23-29-20(15-34(23)32)14-33-22-6-4-21(5-7-22)31-17-25-16-28-31/h4-7,12-13,15-17,19H,2-3,8-11,14H2,1H3. The first-order valence-corrected chi connectivity index (χ1v) is 12.7. The average molecular weight is 478 g/mol. The van der Waals surface area contributed by atoms with Crippen molar-refractivity contribution in [3.8, 4) is 11.4 Å². The van der Waals surface area contributed by atoms with Crippen LogP contribution in [0.1, 0.15) is 31.7 Å². The van der Waals surface area contributed by atoms with E-state index >= 15 is 0 Å². The Morgan fingerprint density at radius 1 is 1.12 bits per heavy atom. The van der Waals surface area contributed by atoms with Gasteiger partial charge >= 0.3 is 0 Å². The Kier molecular flexibility index (Phi) is 6.75. The number of aryl methyl sites for hydroxylation is 1. The molecule has 0 saturated carbocycles. The lowest BCUT2D eigenvalue weighted by Gasteiger charge is -2.31. The molecule has 10 heteroatoms. The van der Waals surface area contributed by atoms with Crippen molar-refractivity contribution in [3.63, 3.8) is 0 Å². The zero-order chi connectivity index (χ0) is 23.3. The first-order chi connectivity index (χ1) is 16.7. The number of aliphatic imine (C=N–C) groups is 1. The highest BCUT2D eigenvalue weighted by atomic mass is 32.2. The van der Waals surface area contributed by atoms with Crippen molar-refractivity contribution in [1.82, 2.24) is 24.7 Å². The van der Waals surface area contributed by atoms with E-state index in [1.54, 1.807) is 16.4 Å². The molecular formula is C24H27N7O2S. The van der Waals surface area contributed by atoms with Gasteiger partial charge in [0.05, 0.1) is 22.2 Å². The van der Waals surface area contributed by atoms with Crippen molar-refractivity contribution < 1.29 is 8.95 Å². The molecule has 3 aromatic rings. The molecule has 0 spiro atoms. The number of benzene rings is 1. The van der Waals surface area contributed by atoms with E-state index < -0.39 is 10.8 Å². The van der Waals surface area contributed by atoms with E-state index in [2.05, 4.69) is 36.9 Å². The van der Waals surface area contributed by atoms with Gasteiger partial charge in [-0.3, -0.25) is 0 Å². The average Bonchev–Trinajstić information content (AvgIpc) is 3.54. The zero-order valence-electron chi connectivity index (χ0n) is 19.1. The Balaban J connectivity index is 1.14. The highest BCUT2D eigenvalue weighted by molar-refractivity contribution is 8.03. The monoisotopic (exact) mass is 477 g/mol. The van der Waals surface area contributed by atoms with Crippen LogP contribution >= 0.6 is 0 Å². The Bertz CT molecular complexity index is 1180. The molecule has 4 heterocycles. The fourth-order valence-corrected chi connectivity index (χ4v) is 5.43. The van der Waals surface area contributed by atoms with E-state index in [-0.39, 0.29) is 12.5 Å². The zero-order valence-corrected chi connectivity index (χ0v) is 19.9.